The number of aryl methyl sites for hydroxylation is 1. The molecule has 0 aliphatic heterocycles. The minimum absolute atomic E-state index is 0.410. The summed E-state index contributed by atoms with van der Waals surface area (Å²) in [5.74, 6) is 0.588. The lowest BCUT2D eigenvalue weighted by Crippen LogP contribution is -2.11. The van der Waals surface area contributed by atoms with E-state index in [1.54, 1.807) is 0 Å². The minimum Gasteiger partial charge on any atom is -0.369 e. The van der Waals surface area contributed by atoms with Gasteiger partial charge < -0.3 is 5.73 Å². The van der Waals surface area contributed by atoms with Gasteiger partial charge in [-0.2, -0.15) is 0 Å². The molecule has 2 heterocycles. The number of nitrogens with zero attached hydrogens (tertiary/aromatic N) is 3. The number of pyridine rings is 1. The van der Waals surface area contributed by atoms with E-state index in [1.807, 2.05) is 19.2 Å². The molecule has 2 aromatic rings. The molecule has 0 spiro atoms. The molecule has 2 aromatic heterocycles. The van der Waals surface area contributed by atoms with Crippen molar-refractivity contribution in [3.05, 3.63) is 17.8 Å². The number of nitrogen functional groups attached to an aromatic ring is 1. The number of fused-ring (bicyclic) bond motifs is 1. The maximum Gasteiger partial charge on any atom is 0.202 e. The molecule has 1 aliphatic carbocycles. The molecule has 4 nitrogen and oxygen atoms in total. The first-order chi connectivity index (χ1) is 7.59. The Morgan fingerprint density at radius 3 is 2.94 bits per heavy atom. The normalized spacial score (nSPS) is 17.9. The van der Waals surface area contributed by atoms with Gasteiger partial charge in [0.05, 0.1) is 0 Å². The van der Waals surface area contributed by atoms with Gasteiger partial charge in [0.15, 0.2) is 5.65 Å². The second kappa shape index (κ2) is 2.97. The zero-order valence-electron chi connectivity index (χ0n) is 9.70. The number of nitrogens with two attached hydrogens (primary N) is 1. The van der Waals surface area contributed by atoms with Gasteiger partial charge in [0, 0.05) is 12.7 Å². The lowest BCUT2D eigenvalue weighted by Gasteiger charge is -2.10. The molecular weight excluding hydrogens is 200 g/mol. The summed E-state index contributed by atoms with van der Waals surface area (Å²) in [4.78, 5) is 8.80. The quantitative estimate of drug-likeness (QED) is 0.836. The molecule has 1 saturated carbocycles. The Bertz CT molecular complexity index is 551. The Labute approximate surface area is 94.5 Å². The summed E-state index contributed by atoms with van der Waals surface area (Å²) in [7, 11) is 0. The molecule has 0 atom stereocenters. The molecule has 0 unspecified atom stereocenters. The number of imidazole rings is 1. The highest BCUT2D eigenvalue weighted by atomic mass is 15.2. The van der Waals surface area contributed by atoms with E-state index in [0.717, 1.165) is 23.3 Å². The Hall–Kier alpha value is -1.58. The van der Waals surface area contributed by atoms with Crippen molar-refractivity contribution in [3.8, 4) is 0 Å². The van der Waals surface area contributed by atoms with Crippen LogP contribution in [0, 0.1) is 12.3 Å². The Kier molecular flexibility index (Phi) is 1.79. The summed E-state index contributed by atoms with van der Waals surface area (Å²) in [6, 6.07) is 1.97. The van der Waals surface area contributed by atoms with Gasteiger partial charge in [-0.3, -0.25) is 4.57 Å². The second-order valence-corrected chi connectivity index (χ2v) is 5.17. The van der Waals surface area contributed by atoms with E-state index >= 15 is 0 Å². The van der Waals surface area contributed by atoms with E-state index in [9.17, 15) is 0 Å². The van der Waals surface area contributed by atoms with Gasteiger partial charge in [-0.1, -0.05) is 6.92 Å². The summed E-state index contributed by atoms with van der Waals surface area (Å²) in [6.07, 6.45) is 4.38. The number of hydrogen-bond donors (Lipinski definition) is 1. The van der Waals surface area contributed by atoms with Crippen LogP contribution >= 0.6 is 0 Å². The number of anilines is 1. The van der Waals surface area contributed by atoms with Gasteiger partial charge in [0.1, 0.15) is 5.52 Å². The van der Waals surface area contributed by atoms with Crippen molar-refractivity contribution in [2.45, 2.75) is 33.2 Å². The molecule has 3 rings (SSSR count). The molecule has 2 N–H and O–H groups in total. The van der Waals surface area contributed by atoms with Gasteiger partial charge in [0.2, 0.25) is 5.95 Å². The fourth-order valence-electron chi connectivity index (χ4n) is 2.06. The lowest BCUT2D eigenvalue weighted by molar-refractivity contribution is 0.475. The zero-order chi connectivity index (χ0) is 11.3. The maximum atomic E-state index is 5.97. The van der Waals surface area contributed by atoms with E-state index < -0.39 is 0 Å². The fraction of sp³-hybridized carbons (Fsp3) is 0.500. The number of hydrogen-bond acceptors (Lipinski definition) is 3. The Morgan fingerprint density at radius 2 is 2.25 bits per heavy atom. The van der Waals surface area contributed by atoms with Gasteiger partial charge in [-0.05, 0) is 36.8 Å². The second-order valence-electron chi connectivity index (χ2n) is 5.17. The van der Waals surface area contributed by atoms with Gasteiger partial charge in [-0.15, -0.1) is 0 Å². The van der Waals surface area contributed by atoms with Gasteiger partial charge >= 0.3 is 0 Å². The van der Waals surface area contributed by atoms with Crippen molar-refractivity contribution in [1.82, 2.24) is 14.5 Å². The fourth-order valence-corrected chi connectivity index (χ4v) is 2.06. The van der Waals surface area contributed by atoms with Crippen LogP contribution in [0.25, 0.3) is 11.2 Å². The van der Waals surface area contributed by atoms with Crippen LogP contribution in [0.4, 0.5) is 5.95 Å². The van der Waals surface area contributed by atoms with Crippen molar-refractivity contribution < 1.29 is 0 Å². The standard InChI is InChI=1S/C12H16N4/c1-8-3-6-14-10-9(8)15-11(13)16(10)7-12(2)4-5-12/h3,6H,4-5,7H2,1-2H3,(H2,13,15). The molecule has 0 radical (unpaired) electrons. The first-order valence-corrected chi connectivity index (χ1v) is 5.66. The van der Waals surface area contributed by atoms with Crippen LogP contribution in [-0.4, -0.2) is 14.5 Å². The monoisotopic (exact) mass is 216 g/mol. The predicted octanol–water partition coefficient (Wildman–Crippen LogP) is 2.12. The molecule has 0 aromatic carbocycles. The molecule has 84 valence electrons. The van der Waals surface area contributed by atoms with Crippen molar-refractivity contribution >= 4 is 17.1 Å². The third kappa shape index (κ3) is 1.37. The van der Waals surface area contributed by atoms with Crippen molar-refractivity contribution in [3.63, 3.8) is 0 Å². The van der Waals surface area contributed by atoms with Gasteiger partial charge in [-0.25, -0.2) is 9.97 Å². The number of aromatic nitrogens is 3. The van der Waals surface area contributed by atoms with Crippen LogP contribution in [0.3, 0.4) is 0 Å². The average Bonchev–Trinajstić information content (AvgIpc) is 2.88. The van der Waals surface area contributed by atoms with Crippen molar-refractivity contribution in [1.29, 1.82) is 0 Å². The summed E-state index contributed by atoms with van der Waals surface area (Å²) in [5, 5.41) is 0. The van der Waals surface area contributed by atoms with Gasteiger partial charge in [0.25, 0.3) is 0 Å². The molecule has 0 bridgehead atoms. The topological polar surface area (TPSA) is 56.7 Å². The molecular formula is C12H16N4. The highest BCUT2D eigenvalue weighted by molar-refractivity contribution is 5.77. The van der Waals surface area contributed by atoms with Crippen LogP contribution in [0.2, 0.25) is 0 Å². The molecule has 4 heteroatoms. The summed E-state index contributed by atoms with van der Waals surface area (Å²) < 4.78 is 2.05. The van der Waals surface area contributed by atoms with E-state index in [1.165, 1.54) is 12.8 Å². The van der Waals surface area contributed by atoms with Crippen LogP contribution in [0.1, 0.15) is 25.3 Å². The molecule has 1 fully saturated rings. The molecule has 1 aliphatic rings. The van der Waals surface area contributed by atoms with Crippen molar-refractivity contribution in [2.24, 2.45) is 5.41 Å². The molecule has 16 heavy (non-hydrogen) atoms. The largest absolute Gasteiger partial charge is 0.369 e. The summed E-state index contributed by atoms with van der Waals surface area (Å²) in [5.41, 5.74) is 9.37. The number of rotatable bonds is 2. The SMILES string of the molecule is Cc1ccnc2c1nc(N)n2CC1(C)CC1. The van der Waals surface area contributed by atoms with Crippen molar-refractivity contribution in [2.75, 3.05) is 5.73 Å². The summed E-state index contributed by atoms with van der Waals surface area (Å²) >= 11 is 0. The van der Waals surface area contributed by atoms with Crippen LogP contribution < -0.4 is 5.73 Å². The third-order valence-corrected chi connectivity index (χ3v) is 3.51. The van der Waals surface area contributed by atoms with E-state index in [0.29, 0.717) is 11.4 Å². The first-order valence-electron chi connectivity index (χ1n) is 5.66. The van der Waals surface area contributed by atoms with Crippen LogP contribution in [0.5, 0.6) is 0 Å². The predicted molar refractivity (Wildman–Crippen MR) is 64.0 cm³/mol. The highest BCUT2D eigenvalue weighted by Gasteiger charge is 2.38. The smallest absolute Gasteiger partial charge is 0.202 e. The zero-order valence-corrected chi connectivity index (χ0v) is 9.70. The Balaban J connectivity index is 2.15. The minimum atomic E-state index is 0.410. The average molecular weight is 216 g/mol. The van der Waals surface area contributed by atoms with E-state index in [-0.39, 0.29) is 0 Å². The van der Waals surface area contributed by atoms with E-state index in [2.05, 4.69) is 21.5 Å². The summed E-state index contributed by atoms with van der Waals surface area (Å²) in [6.45, 7) is 5.26. The van der Waals surface area contributed by atoms with Crippen LogP contribution in [0.15, 0.2) is 12.3 Å². The van der Waals surface area contributed by atoms with E-state index in [4.69, 9.17) is 5.73 Å². The maximum absolute atomic E-state index is 5.97. The highest BCUT2D eigenvalue weighted by Crippen LogP contribution is 2.47. The lowest BCUT2D eigenvalue weighted by atomic mass is 10.1. The third-order valence-electron chi connectivity index (χ3n) is 3.51. The molecule has 0 amide bonds. The first kappa shape index (κ1) is 9.63. The Morgan fingerprint density at radius 1 is 1.50 bits per heavy atom. The van der Waals surface area contributed by atoms with Crippen LogP contribution in [-0.2, 0) is 6.54 Å². The molecule has 0 saturated heterocycles.